The van der Waals surface area contributed by atoms with Crippen molar-refractivity contribution in [2.75, 3.05) is 16.8 Å². The van der Waals surface area contributed by atoms with Gasteiger partial charge in [-0.1, -0.05) is 18.2 Å². The van der Waals surface area contributed by atoms with Gasteiger partial charge in [-0.3, -0.25) is 14.4 Å². The van der Waals surface area contributed by atoms with Crippen LogP contribution in [0.2, 0.25) is 0 Å². The summed E-state index contributed by atoms with van der Waals surface area (Å²) in [6.45, 7) is 1.86. The molecular weight excluding hydrogens is 398 g/mol. The van der Waals surface area contributed by atoms with Crippen molar-refractivity contribution >= 4 is 40.1 Å². The highest BCUT2D eigenvalue weighted by Gasteiger charge is 2.35. The number of nitrogens with one attached hydrogen (secondary N) is 2. The second kappa shape index (κ2) is 8.43. The number of nitrogens with zero attached hydrogens (tertiary/aromatic N) is 1. The van der Waals surface area contributed by atoms with Crippen LogP contribution in [0.3, 0.4) is 0 Å². The number of fused-ring (bicyclic) bond motifs is 1. The van der Waals surface area contributed by atoms with E-state index in [0.717, 1.165) is 5.69 Å². The first kappa shape index (κ1) is 20.3. The van der Waals surface area contributed by atoms with Crippen molar-refractivity contribution in [3.63, 3.8) is 0 Å². The smallest absolute Gasteiger partial charge is 0.336 e. The third-order valence-electron chi connectivity index (χ3n) is 5.20. The average molecular weight is 419 g/mol. The maximum atomic E-state index is 12.6. The van der Waals surface area contributed by atoms with Gasteiger partial charge in [-0.05, 0) is 43.3 Å². The molecule has 0 aliphatic carbocycles. The second-order valence-electron chi connectivity index (χ2n) is 7.47. The molecule has 8 heteroatoms. The van der Waals surface area contributed by atoms with Crippen molar-refractivity contribution in [3.05, 3.63) is 71.1 Å². The van der Waals surface area contributed by atoms with Gasteiger partial charge in [0.15, 0.2) is 0 Å². The fraction of sp³-hybridized carbons (Fsp3) is 0.217. The third kappa shape index (κ3) is 4.48. The van der Waals surface area contributed by atoms with E-state index in [2.05, 4.69) is 10.6 Å². The van der Waals surface area contributed by atoms with Crippen LogP contribution < -0.4 is 21.2 Å². The molecule has 1 aliphatic rings. The van der Waals surface area contributed by atoms with E-state index in [0.29, 0.717) is 16.7 Å². The Kier molecular flexibility index (Phi) is 5.53. The molecule has 2 aromatic carbocycles. The van der Waals surface area contributed by atoms with Gasteiger partial charge in [-0.2, -0.15) is 0 Å². The maximum Gasteiger partial charge on any atom is 0.336 e. The molecule has 2 atom stereocenters. The van der Waals surface area contributed by atoms with E-state index in [1.165, 1.54) is 6.07 Å². The monoisotopic (exact) mass is 419 g/mol. The third-order valence-corrected chi connectivity index (χ3v) is 5.20. The lowest BCUT2D eigenvalue weighted by Crippen LogP contribution is -2.44. The normalized spacial score (nSPS) is 16.9. The van der Waals surface area contributed by atoms with Crippen LogP contribution in [-0.4, -0.2) is 30.3 Å². The van der Waals surface area contributed by atoms with E-state index in [-0.39, 0.29) is 24.8 Å². The van der Waals surface area contributed by atoms with E-state index in [1.54, 1.807) is 36.1 Å². The highest BCUT2D eigenvalue weighted by Crippen LogP contribution is 2.25. The molecule has 0 spiro atoms. The van der Waals surface area contributed by atoms with Crippen molar-refractivity contribution in [1.82, 2.24) is 5.32 Å². The summed E-state index contributed by atoms with van der Waals surface area (Å²) in [7, 11) is 0. The Labute approximate surface area is 177 Å². The van der Waals surface area contributed by atoms with Crippen molar-refractivity contribution in [3.8, 4) is 0 Å². The number of hydrogen-bond donors (Lipinski definition) is 2. The van der Waals surface area contributed by atoms with Gasteiger partial charge in [0.2, 0.25) is 17.7 Å². The van der Waals surface area contributed by atoms with E-state index in [9.17, 15) is 19.2 Å². The lowest BCUT2D eigenvalue weighted by atomic mass is 10.1. The Morgan fingerprint density at radius 3 is 2.61 bits per heavy atom. The number of para-hydroxylation sites is 1. The summed E-state index contributed by atoms with van der Waals surface area (Å²) in [4.78, 5) is 50.3. The van der Waals surface area contributed by atoms with Crippen LogP contribution >= 0.6 is 0 Å². The molecule has 3 amide bonds. The predicted octanol–water partition coefficient (Wildman–Crippen LogP) is 2.29. The van der Waals surface area contributed by atoms with Crippen LogP contribution in [0.5, 0.6) is 0 Å². The molecule has 8 nitrogen and oxygen atoms in total. The van der Waals surface area contributed by atoms with Gasteiger partial charge in [0.1, 0.15) is 11.6 Å². The van der Waals surface area contributed by atoms with Crippen LogP contribution in [-0.2, 0) is 14.4 Å². The molecule has 3 aromatic rings. The van der Waals surface area contributed by atoms with Crippen LogP contribution in [0.4, 0.5) is 11.4 Å². The van der Waals surface area contributed by atoms with E-state index in [4.69, 9.17) is 4.42 Å². The van der Waals surface area contributed by atoms with Crippen LogP contribution in [0.15, 0.2) is 69.9 Å². The molecular formula is C23H21N3O5. The minimum absolute atomic E-state index is 0.102. The zero-order valence-corrected chi connectivity index (χ0v) is 16.8. The first-order valence-corrected chi connectivity index (χ1v) is 9.91. The van der Waals surface area contributed by atoms with Crippen LogP contribution in [0.1, 0.15) is 13.3 Å². The molecule has 0 radical (unpaired) electrons. The first-order chi connectivity index (χ1) is 14.9. The van der Waals surface area contributed by atoms with E-state index in [1.807, 2.05) is 30.3 Å². The van der Waals surface area contributed by atoms with Gasteiger partial charge >= 0.3 is 5.63 Å². The van der Waals surface area contributed by atoms with Gasteiger partial charge in [0.05, 0.1) is 5.92 Å². The summed E-state index contributed by atoms with van der Waals surface area (Å²) in [5.74, 6) is -1.37. The summed E-state index contributed by atoms with van der Waals surface area (Å²) in [5, 5.41) is 6.09. The van der Waals surface area contributed by atoms with Gasteiger partial charge in [-0.25, -0.2) is 4.79 Å². The molecule has 158 valence electrons. The largest absolute Gasteiger partial charge is 0.423 e. The molecule has 0 bridgehead atoms. The minimum atomic E-state index is -0.794. The molecule has 1 aliphatic heterocycles. The van der Waals surface area contributed by atoms with Crippen molar-refractivity contribution in [2.24, 2.45) is 5.92 Å². The van der Waals surface area contributed by atoms with Gasteiger partial charge in [-0.15, -0.1) is 0 Å². The number of rotatable bonds is 5. The van der Waals surface area contributed by atoms with E-state index < -0.39 is 23.5 Å². The Hall–Kier alpha value is -3.94. The van der Waals surface area contributed by atoms with Gasteiger partial charge < -0.3 is 20.0 Å². The average Bonchev–Trinajstić information content (AvgIpc) is 3.16. The summed E-state index contributed by atoms with van der Waals surface area (Å²) >= 11 is 0. The topological polar surface area (TPSA) is 109 Å². The standard InChI is InChI=1S/C23H21N3O5/c1-14(22(29)25-17-8-9-19-15(11-17)7-10-21(28)31-19)24-23(30)16-12-20(27)26(13-16)18-5-3-2-4-6-18/h2-11,14,16H,12-13H2,1H3,(H,24,30)(H,25,29)/t14-,16?/m1/s1. The lowest BCUT2D eigenvalue weighted by Gasteiger charge is -2.18. The van der Waals surface area contributed by atoms with Crippen molar-refractivity contribution in [2.45, 2.75) is 19.4 Å². The summed E-state index contributed by atoms with van der Waals surface area (Å²) < 4.78 is 5.07. The highest BCUT2D eigenvalue weighted by atomic mass is 16.4. The summed E-state index contributed by atoms with van der Waals surface area (Å²) in [6, 6.07) is 16.2. The molecule has 2 N–H and O–H groups in total. The predicted molar refractivity (Wildman–Crippen MR) is 116 cm³/mol. The Balaban J connectivity index is 1.36. The molecule has 1 unspecified atom stereocenters. The Bertz CT molecular complexity index is 1200. The Morgan fingerprint density at radius 1 is 1.06 bits per heavy atom. The zero-order chi connectivity index (χ0) is 22.0. The number of anilines is 2. The second-order valence-corrected chi connectivity index (χ2v) is 7.47. The molecule has 31 heavy (non-hydrogen) atoms. The lowest BCUT2D eigenvalue weighted by molar-refractivity contribution is -0.129. The molecule has 2 heterocycles. The molecule has 1 aromatic heterocycles. The summed E-state index contributed by atoms with van der Waals surface area (Å²) in [6.07, 6.45) is 0.102. The van der Waals surface area contributed by atoms with Gasteiger partial charge in [0, 0.05) is 35.8 Å². The number of amides is 3. The molecule has 4 rings (SSSR count). The highest BCUT2D eigenvalue weighted by molar-refractivity contribution is 6.02. The zero-order valence-electron chi connectivity index (χ0n) is 16.8. The first-order valence-electron chi connectivity index (χ1n) is 9.91. The van der Waals surface area contributed by atoms with Crippen LogP contribution in [0.25, 0.3) is 11.0 Å². The maximum absolute atomic E-state index is 12.6. The van der Waals surface area contributed by atoms with Crippen LogP contribution in [0, 0.1) is 5.92 Å². The van der Waals surface area contributed by atoms with E-state index >= 15 is 0 Å². The number of hydrogen-bond acceptors (Lipinski definition) is 5. The molecule has 1 saturated heterocycles. The SMILES string of the molecule is C[C@@H](NC(=O)C1CC(=O)N(c2ccccc2)C1)C(=O)Nc1ccc2oc(=O)ccc2c1. The fourth-order valence-electron chi connectivity index (χ4n) is 3.54. The Morgan fingerprint density at radius 2 is 1.84 bits per heavy atom. The number of carbonyl (C=O) groups excluding carboxylic acids is 3. The minimum Gasteiger partial charge on any atom is -0.423 e. The van der Waals surface area contributed by atoms with Crippen molar-refractivity contribution < 1.29 is 18.8 Å². The summed E-state index contributed by atoms with van der Waals surface area (Å²) in [5.41, 5.74) is 1.23. The van der Waals surface area contributed by atoms with Crippen molar-refractivity contribution in [1.29, 1.82) is 0 Å². The quantitative estimate of drug-likeness (QED) is 0.617. The van der Waals surface area contributed by atoms with Gasteiger partial charge in [0.25, 0.3) is 0 Å². The fourth-order valence-corrected chi connectivity index (χ4v) is 3.54. The molecule has 0 saturated carbocycles. The molecule has 1 fully saturated rings. The number of benzene rings is 2. The number of carbonyl (C=O) groups is 3.